The number of carbonyl (C=O) groups excluding carboxylic acids is 1. The molecule has 1 amide bonds. The number of nitrogens with zero attached hydrogens (tertiary/aromatic N) is 4. The Bertz CT molecular complexity index is 787. The van der Waals surface area contributed by atoms with Gasteiger partial charge in [-0.2, -0.15) is 0 Å². The highest BCUT2D eigenvalue weighted by Gasteiger charge is 2.47. The summed E-state index contributed by atoms with van der Waals surface area (Å²) in [6, 6.07) is 0. The number of hydrogen-bond donors (Lipinski definition) is 1. The van der Waals surface area contributed by atoms with Crippen molar-refractivity contribution in [1.82, 2.24) is 24.8 Å². The van der Waals surface area contributed by atoms with E-state index in [0.29, 0.717) is 11.6 Å². The Hall–Kier alpha value is -1.73. The smallest absolute Gasteiger partial charge is 0.273 e. The van der Waals surface area contributed by atoms with E-state index in [1.165, 1.54) is 22.7 Å². The first kappa shape index (κ1) is 17.7. The summed E-state index contributed by atoms with van der Waals surface area (Å²) in [7, 11) is 0. The second kappa shape index (κ2) is 6.78. The molecule has 2 aromatic rings. The number of hydrogen-bond acceptors (Lipinski definition) is 5. The van der Waals surface area contributed by atoms with Crippen molar-refractivity contribution in [3.05, 3.63) is 33.8 Å². The number of carbonyl (C=O) groups is 1. The van der Waals surface area contributed by atoms with Crippen LogP contribution in [-0.2, 0) is 12.0 Å². The highest BCUT2D eigenvalue weighted by atomic mass is 32.1. The topological polar surface area (TPSA) is 65.1 Å². The van der Waals surface area contributed by atoms with Crippen LogP contribution in [0.4, 0.5) is 0 Å². The maximum atomic E-state index is 12.8. The largest absolute Gasteiger partial charge is 0.348 e. The number of rotatable bonds is 3. The highest BCUT2D eigenvalue weighted by molar-refractivity contribution is 7.09. The summed E-state index contributed by atoms with van der Waals surface area (Å²) in [5.41, 5.74) is 3.04. The third-order valence-corrected chi connectivity index (χ3v) is 6.47. The molecule has 26 heavy (non-hydrogen) atoms. The minimum absolute atomic E-state index is 0.0351. The van der Waals surface area contributed by atoms with Gasteiger partial charge in [-0.3, -0.25) is 9.69 Å². The molecule has 0 bridgehead atoms. The van der Waals surface area contributed by atoms with Crippen LogP contribution in [0.25, 0.3) is 0 Å². The molecule has 1 saturated heterocycles. The molecule has 7 heteroatoms. The monoisotopic (exact) mass is 373 g/mol. The van der Waals surface area contributed by atoms with E-state index < -0.39 is 0 Å². The maximum Gasteiger partial charge on any atom is 0.273 e. The van der Waals surface area contributed by atoms with Crippen molar-refractivity contribution in [1.29, 1.82) is 0 Å². The van der Waals surface area contributed by atoms with E-state index >= 15 is 0 Å². The summed E-state index contributed by atoms with van der Waals surface area (Å²) in [5, 5.41) is 2.82. The van der Waals surface area contributed by atoms with Gasteiger partial charge in [0.05, 0.1) is 22.6 Å². The zero-order valence-electron chi connectivity index (χ0n) is 15.8. The minimum Gasteiger partial charge on any atom is -0.348 e. The number of imidazole rings is 1. The molecule has 1 N–H and O–H groups in total. The first-order chi connectivity index (χ1) is 12.5. The van der Waals surface area contributed by atoms with Gasteiger partial charge in [-0.25, -0.2) is 9.97 Å². The molecule has 0 aromatic carbocycles. The van der Waals surface area contributed by atoms with E-state index in [0.717, 1.165) is 50.4 Å². The Kier molecular flexibility index (Phi) is 4.61. The normalized spacial score (nSPS) is 19.9. The van der Waals surface area contributed by atoms with Crippen molar-refractivity contribution in [2.24, 2.45) is 5.92 Å². The van der Waals surface area contributed by atoms with Crippen LogP contribution in [0.5, 0.6) is 0 Å². The first-order valence-corrected chi connectivity index (χ1v) is 10.4. The van der Waals surface area contributed by atoms with Crippen LogP contribution in [-0.4, -0.2) is 56.8 Å². The van der Waals surface area contributed by atoms with Crippen molar-refractivity contribution in [3.63, 3.8) is 0 Å². The number of nitrogens with one attached hydrogen (secondary N) is 1. The molecule has 2 aromatic heterocycles. The van der Waals surface area contributed by atoms with Crippen molar-refractivity contribution >= 4 is 17.2 Å². The molecular weight excluding hydrogens is 346 g/mol. The molecule has 1 fully saturated rings. The molecule has 0 atom stereocenters. The molecule has 4 rings (SSSR count). The van der Waals surface area contributed by atoms with Crippen LogP contribution in [0.15, 0.2) is 11.7 Å². The van der Waals surface area contributed by atoms with E-state index in [-0.39, 0.29) is 11.4 Å². The summed E-state index contributed by atoms with van der Waals surface area (Å²) in [6.07, 6.45) is 4.74. The Morgan fingerprint density at radius 1 is 1.35 bits per heavy atom. The van der Waals surface area contributed by atoms with Gasteiger partial charge in [-0.05, 0) is 25.7 Å². The third-order valence-electron chi connectivity index (χ3n) is 5.70. The summed E-state index contributed by atoms with van der Waals surface area (Å²) in [5.74, 6) is 0.683. The van der Waals surface area contributed by atoms with Gasteiger partial charge in [-0.15, -0.1) is 11.3 Å². The first-order valence-electron chi connectivity index (χ1n) is 9.49. The maximum absolute atomic E-state index is 12.8. The van der Waals surface area contributed by atoms with Crippen molar-refractivity contribution < 1.29 is 4.79 Å². The number of fused-ring (bicyclic) bond motifs is 2. The molecule has 6 nitrogen and oxygen atoms in total. The summed E-state index contributed by atoms with van der Waals surface area (Å²) in [4.78, 5) is 29.8. The number of aromatic amines is 1. The number of piperidine rings is 1. The summed E-state index contributed by atoms with van der Waals surface area (Å²) >= 11 is 1.54. The average molecular weight is 374 g/mol. The zero-order valence-corrected chi connectivity index (χ0v) is 16.6. The molecular formula is C19H27N5OS. The number of H-pyrrole nitrogens is 1. The number of likely N-dealkylation sites (tertiary alicyclic amines) is 1. The van der Waals surface area contributed by atoms with Crippen molar-refractivity contribution in [2.45, 2.75) is 45.6 Å². The lowest BCUT2D eigenvalue weighted by molar-refractivity contribution is 0.000477. The van der Waals surface area contributed by atoms with E-state index in [4.69, 9.17) is 4.98 Å². The van der Waals surface area contributed by atoms with Crippen LogP contribution < -0.4 is 0 Å². The second-order valence-electron chi connectivity index (χ2n) is 7.90. The molecule has 0 unspecified atom stereocenters. The number of thiazole rings is 1. The van der Waals surface area contributed by atoms with Gasteiger partial charge in [0.2, 0.25) is 0 Å². The van der Waals surface area contributed by atoms with E-state index in [2.05, 4.69) is 28.7 Å². The van der Waals surface area contributed by atoms with Gasteiger partial charge in [0.15, 0.2) is 0 Å². The van der Waals surface area contributed by atoms with Gasteiger partial charge >= 0.3 is 0 Å². The van der Waals surface area contributed by atoms with E-state index in [1.807, 2.05) is 23.5 Å². The molecule has 1 spiro atoms. The quantitative estimate of drug-likeness (QED) is 0.898. The van der Waals surface area contributed by atoms with Gasteiger partial charge in [0.1, 0.15) is 5.69 Å². The van der Waals surface area contributed by atoms with E-state index in [9.17, 15) is 4.79 Å². The van der Waals surface area contributed by atoms with Gasteiger partial charge in [0, 0.05) is 43.7 Å². The van der Waals surface area contributed by atoms with Crippen LogP contribution >= 0.6 is 11.3 Å². The molecule has 140 valence electrons. The SMILES string of the molecule is Cc1nc(C(=O)N2CCC3(CC2)c2nc[nH]c2CCN3CC(C)C)cs1. The van der Waals surface area contributed by atoms with Crippen molar-refractivity contribution in [3.8, 4) is 0 Å². The molecule has 2 aliphatic heterocycles. The number of aromatic nitrogens is 3. The molecule has 0 radical (unpaired) electrons. The van der Waals surface area contributed by atoms with Gasteiger partial charge in [0.25, 0.3) is 5.91 Å². The zero-order chi connectivity index (χ0) is 18.3. The standard InChI is InChI=1S/C19H27N5OS/c1-13(2)10-24-7-4-15-17(21-12-20-15)19(24)5-8-23(9-6-19)18(25)16-11-26-14(3)22-16/h11-13H,4-10H2,1-3H3,(H,20,21). The van der Waals surface area contributed by atoms with Crippen LogP contribution in [0, 0.1) is 12.8 Å². The highest BCUT2D eigenvalue weighted by Crippen LogP contribution is 2.42. The number of aryl methyl sites for hydroxylation is 1. The summed E-state index contributed by atoms with van der Waals surface area (Å²) in [6.45, 7) is 10.1. The van der Waals surface area contributed by atoms with Crippen LogP contribution in [0.3, 0.4) is 0 Å². The van der Waals surface area contributed by atoms with E-state index in [1.54, 1.807) is 0 Å². The molecule has 2 aliphatic rings. The Morgan fingerprint density at radius 2 is 2.12 bits per heavy atom. The minimum atomic E-state index is -0.0351. The lowest BCUT2D eigenvalue weighted by Crippen LogP contribution is -2.57. The third kappa shape index (κ3) is 2.97. The Morgan fingerprint density at radius 3 is 2.77 bits per heavy atom. The lowest BCUT2D eigenvalue weighted by atomic mass is 9.78. The van der Waals surface area contributed by atoms with Crippen LogP contribution in [0.2, 0.25) is 0 Å². The summed E-state index contributed by atoms with van der Waals surface area (Å²) < 4.78 is 0. The van der Waals surface area contributed by atoms with Crippen molar-refractivity contribution in [2.75, 3.05) is 26.2 Å². The second-order valence-corrected chi connectivity index (χ2v) is 8.96. The Balaban J connectivity index is 1.56. The van der Waals surface area contributed by atoms with Crippen LogP contribution in [0.1, 0.15) is 53.6 Å². The molecule has 0 saturated carbocycles. The number of amides is 1. The predicted octanol–water partition coefficient (Wildman–Crippen LogP) is 2.82. The van der Waals surface area contributed by atoms with Gasteiger partial charge in [-0.1, -0.05) is 13.8 Å². The molecule has 0 aliphatic carbocycles. The fraction of sp³-hybridized carbons (Fsp3) is 0.632. The van der Waals surface area contributed by atoms with Gasteiger partial charge < -0.3 is 9.88 Å². The molecule has 4 heterocycles. The lowest BCUT2D eigenvalue weighted by Gasteiger charge is -2.51. The average Bonchev–Trinajstić information content (AvgIpc) is 3.27. The Labute approximate surface area is 158 Å². The predicted molar refractivity (Wildman–Crippen MR) is 102 cm³/mol. The fourth-order valence-corrected chi connectivity index (χ4v) is 5.07. The fourth-order valence-electron chi connectivity index (χ4n) is 4.49.